The highest BCUT2D eigenvalue weighted by atomic mass is 16.4. The lowest BCUT2D eigenvalue weighted by molar-refractivity contribution is -0.142. The highest BCUT2D eigenvalue weighted by Crippen LogP contribution is 2.12. The van der Waals surface area contributed by atoms with Gasteiger partial charge in [-0.05, 0) is 5.56 Å². The zero-order chi connectivity index (χ0) is 14.4. The maximum absolute atomic E-state index is 11.8. The number of nitrogens with one attached hydrogen (secondary N) is 1. The van der Waals surface area contributed by atoms with Crippen molar-refractivity contribution >= 4 is 11.9 Å². The predicted molar refractivity (Wildman–Crippen MR) is 69.6 cm³/mol. The number of rotatable bonds is 6. The van der Waals surface area contributed by atoms with Crippen molar-refractivity contribution in [1.82, 2.24) is 20.3 Å². The summed E-state index contributed by atoms with van der Waals surface area (Å²) in [5.41, 5.74) is 0.536. The summed E-state index contributed by atoms with van der Waals surface area (Å²) >= 11 is 0. The molecule has 0 bridgehead atoms. The Balaban J connectivity index is 1.95. The molecule has 0 saturated carbocycles. The molecule has 20 heavy (non-hydrogen) atoms. The Labute approximate surface area is 115 Å². The van der Waals surface area contributed by atoms with Gasteiger partial charge < -0.3 is 10.4 Å². The summed E-state index contributed by atoms with van der Waals surface area (Å²) in [7, 11) is 0. The van der Waals surface area contributed by atoms with Crippen molar-refractivity contribution in [3.8, 4) is 0 Å². The maximum atomic E-state index is 11.8. The summed E-state index contributed by atoms with van der Waals surface area (Å²) in [6, 6.07) is 7.53. The van der Waals surface area contributed by atoms with E-state index in [2.05, 4.69) is 15.6 Å². The van der Waals surface area contributed by atoms with Gasteiger partial charge >= 0.3 is 5.97 Å². The van der Waals surface area contributed by atoms with Gasteiger partial charge in [-0.1, -0.05) is 35.5 Å². The van der Waals surface area contributed by atoms with Crippen LogP contribution in [0.4, 0.5) is 0 Å². The number of hydrogen-bond donors (Lipinski definition) is 2. The average molecular weight is 274 g/mol. The van der Waals surface area contributed by atoms with Crippen molar-refractivity contribution in [3.63, 3.8) is 0 Å². The molecule has 7 nitrogen and oxygen atoms in total. The van der Waals surface area contributed by atoms with E-state index >= 15 is 0 Å². The van der Waals surface area contributed by atoms with Crippen LogP contribution in [0.2, 0.25) is 0 Å². The first kappa shape index (κ1) is 13.7. The quantitative estimate of drug-likeness (QED) is 0.804. The molecule has 1 aromatic carbocycles. The lowest BCUT2D eigenvalue weighted by Gasteiger charge is -2.14. The van der Waals surface area contributed by atoms with Crippen molar-refractivity contribution in [2.24, 2.45) is 0 Å². The van der Waals surface area contributed by atoms with Crippen LogP contribution in [0.1, 0.15) is 18.0 Å². The lowest BCUT2D eigenvalue weighted by Crippen LogP contribution is -2.34. The van der Waals surface area contributed by atoms with Crippen LogP contribution in [0.15, 0.2) is 42.7 Å². The van der Waals surface area contributed by atoms with E-state index in [0.29, 0.717) is 12.1 Å². The number of nitrogens with zero attached hydrogens (tertiary/aromatic N) is 3. The van der Waals surface area contributed by atoms with Crippen LogP contribution in [-0.4, -0.2) is 32.0 Å². The summed E-state index contributed by atoms with van der Waals surface area (Å²) in [6.07, 6.45) is 3.29. The molecule has 1 atom stereocenters. The SMILES string of the molecule is O=C(CCn1ccnn1)N[C@H](C(=O)O)c1ccccc1. The highest BCUT2D eigenvalue weighted by molar-refractivity contribution is 5.84. The first-order chi connectivity index (χ1) is 9.66. The van der Waals surface area contributed by atoms with Crippen LogP contribution in [-0.2, 0) is 16.1 Å². The Kier molecular flexibility index (Phi) is 4.43. The van der Waals surface area contributed by atoms with E-state index in [9.17, 15) is 14.7 Å². The van der Waals surface area contributed by atoms with Crippen LogP contribution in [0.5, 0.6) is 0 Å². The molecule has 1 heterocycles. The van der Waals surface area contributed by atoms with Gasteiger partial charge in [0.05, 0.1) is 12.7 Å². The van der Waals surface area contributed by atoms with Gasteiger partial charge in [-0.3, -0.25) is 9.48 Å². The minimum absolute atomic E-state index is 0.139. The van der Waals surface area contributed by atoms with E-state index in [1.54, 1.807) is 36.5 Å². The molecule has 1 aromatic heterocycles. The smallest absolute Gasteiger partial charge is 0.330 e. The van der Waals surface area contributed by atoms with E-state index in [0.717, 1.165) is 0 Å². The standard InChI is InChI=1S/C13H14N4O3/c18-11(6-8-17-9-7-14-16-17)15-12(13(19)20)10-4-2-1-3-5-10/h1-5,7,9,12H,6,8H2,(H,15,18)(H,19,20)/t12-/m0/s1. The van der Waals surface area contributed by atoms with Crippen LogP contribution in [0, 0.1) is 0 Å². The van der Waals surface area contributed by atoms with Crippen molar-refractivity contribution in [3.05, 3.63) is 48.3 Å². The molecule has 104 valence electrons. The Morgan fingerprint density at radius 2 is 2.05 bits per heavy atom. The topological polar surface area (TPSA) is 97.1 Å². The number of carbonyl (C=O) groups excluding carboxylic acids is 1. The van der Waals surface area contributed by atoms with Crippen molar-refractivity contribution in [2.75, 3.05) is 0 Å². The molecular formula is C13H14N4O3. The van der Waals surface area contributed by atoms with Crippen LogP contribution < -0.4 is 5.32 Å². The first-order valence-corrected chi connectivity index (χ1v) is 6.08. The van der Waals surface area contributed by atoms with E-state index in [1.165, 1.54) is 10.9 Å². The van der Waals surface area contributed by atoms with E-state index < -0.39 is 12.0 Å². The number of aromatic nitrogens is 3. The number of hydrogen-bond acceptors (Lipinski definition) is 4. The fourth-order valence-electron chi connectivity index (χ4n) is 1.73. The third-order valence-electron chi connectivity index (χ3n) is 2.73. The first-order valence-electron chi connectivity index (χ1n) is 6.08. The summed E-state index contributed by atoms with van der Waals surface area (Å²) in [4.78, 5) is 23.0. The molecule has 0 aliphatic rings. The molecule has 0 aliphatic carbocycles. The zero-order valence-electron chi connectivity index (χ0n) is 10.6. The van der Waals surface area contributed by atoms with Crippen LogP contribution >= 0.6 is 0 Å². The Bertz CT molecular complexity index is 569. The summed E-state index contributed by atoms with van der Waals surface area (Å²) < 4.78 is 1.51. The molecule has 0 fully saturated rings. The number of aryl methyl sites for hydroxylation is 1. The number of carbonyl (C=O) groups is 2. The molecule has 0 spiro atoms. The van der Waals surface area contributed by atoms with Gasteiger partial charge in [-0.15, -0.1) is 5.10 Å². The molecule has 0 aliphatic heterocycles. The molecule has 0 saturated heterocycles. The second kappa shape index (κ2) is 6.46. The molecule has 0 radical (unpaired) electrons. The van der Waals surface area contributed by atoms with Crippen molar-refractivity contribution < 1.29 is 14.7 Å². The summed E-state index contributed by atoms with van der Waals surface area (Å²) in [5, 5.41) is 19.0. The fraction of sp³-hybridized carbons (Fsp3) is 0.231. The van der Waals surface area contributed by atoms with E-state index in [4.69, 9.17) is 0 Å². The number of carboxylic acids is 1. The van der Waals surface area contributed by atoms with Gasteiger partial charge in [0, 0.05) is 12.6 Å². The number of aliphatic carboxylic acids is 1. The third kappa shape index (κ3) is 3.64. The normalized spacial score (nSPS) is 11.8. The molecule has 0 unspecified atom stereocenters. The lowest BCUT2D eigenvalue weighted by atomic mass is 10.1. The minimum Gasteiger partial charge on any atom is -0.479 e. The molecule has 1 amide bonds. The van der Waals surface area contributed by atoms with Gasteiger partial charge in [-0.25, -0.2) is 4.79 Å². The molecule has 2 aromatic rings. The van der Waals surface area contributed by atoms with Gasteiger partial charge in [0.15, 0.2) is 6.04 Å². The Hall–Kier alpha value is -2.70. The minimum atomic E-state index is -1.09. The van der Waals surface area contributed by atoms with Crippen LogP contribution in [0.25, 0.3) is 0 Å². The zero-order valence-corrected chi connectivity index (χ0v) is 10.6. The maximum Gasteiger partial charge on any atom is 0.330 e. The van der Waals surface area contributed by atoms with Crippen molar-refractivity contribution in [2.45, 2.75) is 19.0 Å². The predicted octanol–water partition coefficient (Wildman–Crippen LogP) is 0.610. The molecular weight excluding hydrogens is 260 g/mol. The molecule has 2 rings (SSSR count). The molecule has 2 N–H and O–H groups in total. The fourth-order valence-corrected chi connectivity index (χ4v) is 1.73. The third-order valence-corrected chi connectivity index (χ3v) is 2.73. The number of benzene rings is 1. The monoisotopic (exact) mass is 274 g/mol. The Morgan fingerprint density at radius 3 is 2.65 bits per heavy atom. The number of carboxylic acid groups (broad SMARTS) is 1. The largest absolute Gasteiger partial charge is 0.479 e. The Morgan fingerprint density at radius 1 is 1.30 bits per heavy atom. The van der Waals surface area contributed by atoms with Gasteiger partial charge in [0.25, 0.3) is 0 Å². The highest BCUT2D eigenvalue weighted by Gasteiger charge is 2.21. The second-order valence-electron chi connectivity index (χ2n) is 4.17. The van der Waals surface area contributed by atoms with Gasteiger partial charge in [0.2, 0.25) is 5.91 Å². The van der Waals surface area contributed by atoms with Gasteiger partial charge in [0.1, 0.15) is 0 Å². The molecule has 7 heteroatoms. The summed E-state index contributed by atoms with van der Waals surface area (Å²) in [5.74, 6) is -1.44. The van der Waals surface area contributed by atoms with Crippen LogP contribution in [0.3, 0.4) is 0 Å². The van der Waals surface area contributed by atoms with E-state index in [-0.39, 0.29) is 12.3 Å². The number of amides is 1. The second-order valence-corrected chi connectivity index (χ2v) is 4.17. The van der Waals surface area contributed by atoms with Gasteiger partial charge in [-0.2, -0.15) is 0 Å². The van der Waals surface area contributed by atoms with Crippen molar-refractivity contribution in [1.29, 1.82) is 0 Å². The summed E-state index contributed by atoms with van der Waals surface area (Å²) in [6.45, 7) is 0.354. The average Bonchev–Trinajstić information content (AvgIpc) is 2.96. The van der Waals surface area contributed by atoms with E-state index in [1.807, 2.05) is 0 Å².